The normalized spacial score (nSPS) is 12.2. The summed E-state index contributed by atoms with van der Waals surface area (Å²) < 4.78 is 67.4. The number of hydrogen-bond acceptors (Lipinski definition) is 6. The molecule has 198 valence electrons. The average Bonchev–Trinajstić information content (AvgIpc) is 2.91. The van der Waals surface area contributed by atoms with Gasteiger partial charge >= 0.3 is 0 Å². The van der Waals surface area contributed by atoms with Gasteiger partial charge in [0.2, 0.25) is 0 Å². The van der Waals surface area contributed by atoms with Gasteiger partial charge in [0.25, 0.3) is 0 Å². The smallest absolute Gasteiger partial charge is 0.189 e. The lowest BCUT2D eigenvalue weighted by Crippen LogP contribution is -2.18. The van der Waals surface area contributed by atoms with Crippen molar-refractivity contribution in [3.05, 3.63) is 111 Å². The second-order valence-electron chi connectivity index (χ2n) is 8.18. The molecule has 0 fully saturated rings. The molecule has 1 heterocycles. The van der Waals surface area contributed by atoms with E-state index >= 15 is 4.39 Å². The molecular weight excluding hydrogens is 557 g/mol. The van der Waals surface area contributed by atoms with Gasteiger partial charge in [0.15, 0.2) is 21.3 Å². The number of anilines is 1. The van der Waals surface area contributed by atoms with Gasteiger partial charge < -0.3 is 14.8 Å². The molecule has 0 aliphatic carbocycles. The highest BCUT2D eigenvalue weighted by Crippen LogP contribution is 2.40. The topological polar surface area (TPSA) is 77.5 Å². The van der Waals surface area contributed by atoms with Crippen LogP contribution in [0.3, 0.4) is 0 Å². The highest BCUT2D eigenvalue weighted by Gasteiger charge is 2.35. The first-order valence-corrected chi connectivity index (χ1v) is 13.5. The zero-order chi connectivity index (χ0) is 27.4. The molecule has 0 amide bonds. The quantitative estimate of drug-likeness (QED) is 0.234. The highest BCUT2D eigenvalue weighted by atomic mass is 35.5. The summed E-state index contributed by atoms with van der Waals surface area (Å²) in [5.41, 5.74) is 0.456. The second-order valence-corrected chi connectivity index (χ2v) is 11.1. The Kier molecular flexibility index (Phi) is 8.40. The summed E-state index contributed by atoms with van der Waals surface area (Å²) in [6.45, 7) is 0.289. The summed E-state index contributed by atoms with van der Waals surface area (Å²) in [5.74, 6) is -0.327. The van der Waals surface area contributed by atoms with Crippen molar-refractivity contribution in [2.45, 2.75) is 16.7 Å². The lowest BCUT2D eigenvalue weighted by molar-refractivity contribution is 0.354. The first-order valence-electron chi connectivity index (χ1n) is 11.2. The Balaban J connectivity index is 1.77. The highest BCUT2D eigenvalue weighted by molar-refractivity contribution is 7.92. The number of aromatic nitrogens is 1. The number of nitrogens with zero attached hydrogens (tertiary/aromatic N) is 1. The van der Waals surface area contributed by atoms with Crippen molar-refractivity contribution in [3.8, 4) is 11.5 Å². The average molecular weight is 579 g/mol. The molecule has 1 unspecified atom stereocenters. The van der Waals surface area contributed by atoms with E-state index in [4.69, 9.17) is 32.7 Å². The van der Waals surface area contributed by atoms with Gasteiger partial charge in [0.1, 0.15) is 22.7 Å². The van der Waals surface area contributed by atoms with Gasteiger partial charge in [-0.05, 0) is 71.8 Å². The molecule has 3 aromatic carbocycles. The molecule has 0 saturated carbocycles. The van der Waals surface area contributed by atoms with Crippen molar-refractivity contribution < 1.29 is 26.7 Å². The van der Waals surface area contributed by atoms with Gasteiger partial charge in [0.05, 0.1) is 24.1 Å². The van der Waals surface area contributed by atoms with Gasteiger partial charge in [-0.2, -0.15) is 0 Å². The van der Waals surface area contributed by atoms with Gasteiger partial charge in [-0.15, -0.1) is 0 Å². The number of nitrogens with one attached hydrogen (secondary N) is 1. The number of pyridine rings is 1. The van der Waals surface area contributed by atoms with Crippen LogP contribution in [0.15, 0.2) is 77.8 Å². The largest absolute Gasteiger partial charge is 0.493 e. The van der Waals surface area contributed by atoms with E-state index in [2.05, 4.69) is 10.3 Å². The maximum atomic E-state index is 15.0. The van der Waals surface area contributed by atoms with Crippen LogP contribution in [0.4, 0.5) is 14.6 Å². The third kappa shape index (κ3) is 5.85. The van der Waals surface area contributed by atoms with Crippen LogP contribution in [-0.4, -0.2) is 27.6 Å². The minimum Gasteiger partial charge on any atom is -0.493 e. The minimum absolute atomic E-state index is 0.0240. The lowest BCUT2D eigenvalue weighted by atomic mass is 10.0. The Labute approximate surface area is 229 Å². The van der Waals surface area contributed by atoms with Crippen LogP contribution in [0.1, 0.15) is 21.9 Å². The number of ether oxygens (including phenoxy) is 2. The van der Waals surface area contributed by atoms with Crippen molar-refractivity contribution in [3.63, 3.8) is 0 Å². The predicted octanol–water partition coefficient (Wildman–Crippen LogP) is 6.86. The molecule has 38 heavy (non-hydrogen) atoms. The standard InChI is InChI=1S/C27H22Cl2F2N2O4S/c1-36-24-10-3-16(11-25(24)37-2)14-32-26-13-20(22(29)15-33-26)27(21-12-18(30)6-9-23(21)31)38(34,35)19-7-4-17(28)5-8-19/h3-13,15,27H,14H2,1-2H3,(H,32,33). The van der Waals surface area contributed by atoms with E-state index < -0.39 is 26.7 Å². The molecular formula is C27H22Cl2F2N2O4S. The molecule has 6 nitrogen and oxygen atoms in total. The molecule has 0 spiro atoms. The number of sulfone groups is 1. The molecule has 1 N–H and O–H groups in total. The van der Waals surface area contributed by atoms with Gasteiger partial charge in [0, 0.05) is 23.3 Å². The van der Waals surface area contributed by atoms with Crippen molar-refractivity contribution >= 4 is 38.9 Å². The predicted molar refractivity (Wildman–Crippen MR) is 143 cm³/mol. The summed E-state index contributed by atoms with van der Waals surface area (Å²) in [7, 11) is -1.27. The van der Waals surface area contributed by atoms with E-state index in [1.54, 1.807) is 12.1 Å². The zero-order valence-corrected chi connectivity index (χ0v) is 22.5. The van der Waals surface area contributed by atoms with Crippen LogP contribution in [0.25, 0.3) is 0 Å². The molecule has 11 heteroatoms. The summed E-state index contributed by atoms with van der Waals surface area (Å²) >= 11 is 12.4. The van der Waals surface area contributed by atoms with Crippen molar-refractivity contribution in [2.75, 3.05) is 19.5 Å². The first-order chi connectivity index (χ1) is 18.1. The molecule has 1 atom stereocenters. The Morgan fingerprint density at radius 2 is 1.61 bits per heavy atom. The van der Waals surface area contributed by atoms with Crippen LogP contribution >= 0.6 is 23.2 Å². The molecule has 0 aliphatic heterocycles. The SMILES string of the molecule is COc1ccc(CNc2cc(C(c3cc(F)ccc3F)S(=O)(=O)c3ccc(Cl)cc3)c(Cl)cn2)cc1OC. The number of methoxy groups -OCH3 is 2. The Hall–Kier alpha value is -3.40. The van der Waals surface area contributed by atoms with E-state index in [1.165, 1.54) is 50.7 Å². The van der Waals surface area contributed by atoms with Gasteiger partial charge in [-0.25, -0.2) is 22.2 Å². The van der Waals surface area contributed by atoms with Crippen LogP contribution in [-0.2, 0) is 16.4 Å². The molecule has 0 saturated heterocycles. The Morgan fingerprint density at radius 1 is 0.895 bits per heavy atom. The van der Waals surface area contributed by atoms with E-state index in [9.17, 15) is 12.8 Å². The van der Waals surface area contributed by atoms with Crippen LogP contribution in [0, 0.1) is 11.6 Å². The fraction of sp³-hybridized carbons (Fsp3) is 0.148. The van der Waals surface area contributed by atoms with E-state index in [-0.39, 0.29) is 33.4 Å². The fourth-order valence-corrected chi connectivity index (χ4v) is 6.15. The molecule has 0 radical (unpaired) electrons. The molecule has 0 aliphatic rings. The number of benzene rings is 3. The molecule has 4 rings (SSSR count). The summed E-state index contributed by atoms with van der Waals surface area (Å²) in [6.07, 6.45) is 1.26. The summed E-state index contributed by atoms with van der Waals surface area (Å²) in [4.78, 5) is 4.10. The van der Waals surface area contributed by atoms with Crippen molar-refractivity contribution in [2.24, 2.45) is 0 Å². The van der Waals surface area contributed by atoms with Crippen LogP contribution < -0.4 is 14.8 Å². The summed E-state index contributed by atoms with van der Waals surface area (Å²) in [5, 5.41) is 1.72. The van der Waals surface area contributed by atoms with Crippen LogP contribution in [0.2, 0.25) is 10.0 Å². The number of rotatable bonds is 9. The minimum atomic E-state index is -4.32. The second kappa shape index (κ2) is 11.6. The maximum absolute atomic E-state index is 15.0. The number of halogens is 4. The van der Waals surface area contributed by atoms with Gasteiger partial charge in [-0.3, -0.25) is 0 Å². The van der Waals surface area contributed by atoms with Crippen molar-refractivity contribution in [1.29, 1.82) is 0 Å². The molecule has 1 aromatic heterocycles. The molecule has 0 bridgehead atoms. The Morgan fingerprint density at radius 3 is 2.29 bits per heavy atom. The fourth-order valence-electron chi connectivity index (χ4n) is 3.91. The summed E-state index contributed by atoms with van der Waals surface area (Å²) in [6, 6.07) is 14.8. The van der Waals surface area contributed by atoms with E-state index in [0.717, 1.165) is 23.8 Å². The van der Waals surface area contributed by atoms with E-state index in [1.807, 2.05) is 6.07 Å². The lowest BCUT2D eigenvalue weighted by Gasteiger charge is -2.21. The Bertz CT molecular complexity index is 1570. The van der Waals surface area contributed by atoms with E-state index in [0.29, 0.717) is 16.5 Å². The third-order valence-corrected chi connectivity index (χ3v) is 8.41. The maximum Gasteiger partial charge on any atom is 0.189 e. The first kappa shape index (κ1) is 27.6. The molecule has 4 aromatic rings. The monoisotopic (exact) mass is 578 g/mol. The van der Waals surface area contributed by atoms with Gasteiger partial charge in [-0.1, -0.05) is 29.3 Å². The number of hydrogen-bond donors (Lipinski definition) is 1. The zero-order valence-electron chi connectivity index (χ0n) is 20.2. The van der Waals surface area contributed by atoms with Crippen molar-refractivity contribution in [1.82, 2.24) is 4.98 Å². The third-order valence-electron chi connectivity index (χ3n) is 5.78. The van der Waals surface area contributed by atoms with Crippen LogP contribution in [0.5, 0.6) is 11.5 Å².